The topological polar surface area (TPSA) is 105 Å². The molecule has 0 unspecified atom stereocenters. The lowest BCUT2D eigenvalue weighted by atomic mass is 10.1. The lowest BCUT2D eigenvalue weighted by Crippen LogP contribution is -2.02. The van der Waals surface area contributed by atoms with Gasteiger partial charge < -0.3 is 9.47 Å². The summed E-state index contributed by atoms with van der Waals surface area (Å²) in [6.07, 6.45) is 0. The highest BCUT2D eigenvalue weighted by Crippen LogP contribution is 2.42. The Hall–Kier alpha value is -2.38. The van der Waals surface area contributed by atoms with E-state index in [9.17, 15) is 20.2 Å². The van der Waals surface area contributed by atoms with E-state index in [1.807, 2.05) is 0 Å². The zero-order valence-electron chi connectivity index (χ0n) is 9.42. The van der Waals surface area contributed by atoms with Crippen LogP contribution in [-0.2, 0) is 0 Å². The molecule has 0 bridgehead atoms. The van der Waals surface area contributed by atoms with Gasteiger partial charge in [0.2, 0.25) is 0 Å². The Morgan fingerprint density at radius 1 is 1.12 bits per heavy atom. The standard InChI is InChI=1S/C9H10N2O6/c1-5-8(11(14)15)6(10(12)13)4-7(16-2)9(5)17-3/h4H,1-3H3. The average Bonchev–Trinajstić information content (AvgIpc) is 2.26. The van der Waals surface area contributed by atoms with E-state index >= 15 is 0 Å². The monoisotopic (exact) mass is 242 g/mol. The summed E-state index contributed by atoms with van der Waals surface area (Å²) in [4.78, 5) is 19.9. The zero-order valence-corrected chi connectivity index (χ0v) is 9.42. The van der Waals surface area contributed by atoms with Gasteiger partial charge in [-0.05, 0) is 6.92 Å². The van der Waals surface area contributed by atoms with Crippen molar-refractivity contribution in [2.45, 2.75) is 6.92 Å². The van der Waals surface area contributed by atoms with Crippen molar-refractivity contribution >= 4 is 11.4 Å². The van der Waals surface area contributed by atoms with Gasteiger partial charge in [0.1, 0.15) is 0 Å². The maximum atomic E-state index is 10.8. The van der Waals surface area contributed by atoms with Gasteiger partial charge in [0.05, 0.1) is 35.7 Å². The minimum absolute atomic E-state index is 0.0588. The third-order valence-electron chi connectivity index (χ3n) is 2.23. The highest BCUT2D eigenvalue weighted by atomic mass is 16.6. The number of benzene rings is 1. The van der Waals surface area contributed by atoms with Crippen LogP contribution in [0.4, 0.5) is 11.4 Å². The van der Waals surface area contributed by atoms with E-state index in [0.717, 1.165) is 6.07 Å². The molecule has 0 fully saturated rings. The van der Waals surface area contributed by atoms with Crippen LogP contribution in [0.2, 0.25) is 0 Å². The van der Waals surface area contributed by atoms with E-state index in [2.05, 4.69) is 0 Å². The van der Waals surface area contributed by atoms with Gasteiger partial charge >= 0.3 is 11.4 Å². The number of hydrogen-bond acceptors (Lipinski definition) is 6. The van der Waals surface area contributed by atoms with Crippen LogP contribution in [0.25, 0.3) is 0 Å². The maximum Gasteiger partial charge on any atom is 0.352 e. The van der Waals surface area contributed by atoms with Crippen molar-refractivity contribution in [3.63, 3.8) is 0 Å². The molecule has 0 spiro atoms. The van der Waals surface area contributed by atoms with Gasteiger partial charge in [0, 0.05) is 0 Å². The second kappa shape index (κ2) is 4.64. The minimum Gasteiger partial charge on any atom is -0.493 e. The summed E-state index contributed by atoms with van der Waals surface area (Å²) in [5.41, 5.74) is -1.15. The van der Waals surface area contributed by atoms with Crippen LogP contribution in [0.3, 0.4) is 0 Å². The van der Waals surface area contributed by atoms with Crippen LogP contribution in [0.15, 0.2) is 6.07 Å². The van der Waals surface area contributed by atoms with Gasteiger partial charge in [-0.25, -0.2) is 0 Å². The third-order valence-corrected chi connectivity index (χ3v) is 2.23. The number of nitrogens with zero attached hydrogens (tertiary/aromatic N) is 2. The smallest absolute Gasteiger partial charge is 0.352 e. The molecule has 0 saturated carbocycles. The van der Waals surface area contributed by atoms with E-state index in [1.54, 1.807) is 0 Å². The largest absolute Gasteiger partial charge is 0.493 e. The zero-order chi connectivity index (χ0) is 13.2. The van der Waals surface area contributed by atoms with Gasteiger partial charge in [-0.1, -0.05) is 0 Å². The molecule has 0 aromatic heterocycles. The molecule has 0 radical (unpaired) electrons. The van der Waals surface area contributed by atoms with Crippen LogP contribution in [0, 0.1) is 27.2 Å². The van der Waals surface area contributed by atoms with Crippen molar-refractivity contribution in [3.8, 4) is 11.5 Å². The van der Waals surface area contributed by atoms with Crippen molar-refractivity contribution in [1.29, 1.82) is 0 Å². The summed E-state index contributed by atoms with van der Waals surface area (Å²) in [5.74, 6) is 0.201. The van der Waals surface area contributed by atoms with Gasteiger partial charge in [-0.3, -0.25) is 20.2 Å². The van der Waals surface area contributed by atoms with Crippen LogP contribution < -0.4 is 9.47 Å². The Labute approximate surface area is 96.1 Å². The highest BCUT2D eigenvalue weighted by Gasteiger charge is 2.32. The van der Waals surface area contributed by atoms with Crippen LogP contribution >= 0.6 is 0 Å². The SMILES string of the molecule is COc1cc([N+](=O)[O-])c([N+](=O)[O-])c(C)c1OC. The van der Waals surface area contributed by atoms with E-state index in [4.69, 9.17) is 9.47 Å². The second-order valence-corrected chi connectivity index (χ2v) is 3.12. The summed E-state index contributed by atoms with van der Waals surface area (Å²) < 4.78 is 9.83. The lowest BCUT2D eigenvalue weighted by molar-refractivity contribution is -0.423. The molecular weight excluding hydrogens is 232 g/mol. The second-order valence-electron chi connectivity index (χ2n) is 3.12. The molecule has 0 saturated heterocycles. The van der Waals surface area contributed by atoms with Gasteiger partial charge in [-0.15, -0.1) is 0 Å². The molecule has 0 heterocycles. The molecule has 0 amide bonds. The number of rotatable bonds is 4. The fourth-order valence-corrected chi connectivity index (χ4v) is 1.52. The van der Waals surface area contributed by atoms with Crippen LogP contribution in [0.1, 0.15) is 5.56 Å². The molecule has 0 aliphatic heterocycles. The molecule has 1 rings (SSSR count). The predicted molar refractivity (Wildman–Crippen MR) is 57.6 cm³/mol. The fourth-order valence-electron chi connectivity index (χ4n) is 1.52. The van der Waals surface area contributed by atoms with Crippen molar-refractivity contribution in [3.05, 3.63) is 31.9 Å². The van der Waals surface area contributed by atoms with Gasteiger partial charge in [0.15, 0.2) is 11.5 Å². The minimum atomic E-state index is -0.826. The molecule has 0 aliphatic rings. The lowest BCUT2D eigenvalue weighted by Gasteiger charge is -2.10. The Morgan fingerprint density at radius 3 is 2.06 bits per heavy atom. The van der Waals surface area contributed by atoms with Crippen molar-refractivity contribution < 1.29 is 19.3 Å². The Bertz CT molecular complexity index is 485. The maximum absolute atomic E-state index is 10.8. The summed E-state index contributed by atoms with van der Waals surface area (Å²) in [6.45, 7) is 1.37. The summed E-state index contributed by atoms with van der Waals surface area (Å²) >= 11 is 0. The quantitative estimate of drug-likeness (QED) is 0.589. The fraction of sp³-hybridized carbons (Fsp3) is 0.333. The first-order valence-electron chi connectivity index (χ1n) is 4.48. The van der Waals surface area contributed by atoms with Crippen LogP contribution in [-0.4, -0.2) is 24.1 Å². The summed E-state index contributed by atoms with van der Waals surface area (Å²) in [6, 6.07) is 0.976. The molecule has 0 atom stereocenters. The number of methoxy groups -OCH3 is 2. The molecule has 92 valence electrons. The first-order chi connectivity index (χ1) is 7.93. The molecule has 1 aromatic rings. The van der Waals surface area contributed by atoms with E-state index in [0.29, 0.717) is 0 Å². The Morgan fingerprint density at radius 2 is 1.71 bits per heavy atom. The number of nitro groups is 2. The Kier molecular flexibility index (Phi) is 3.46. The van der Waals surface area contributed by atoms with E-state index in [1.165, 1.54) is 21.1 Å². The normalized spacial score (nSPS) is 9.82. The predicted octanol–water partition coefficient (Wildman–Crippen LogP) is 1.83. The molecule has 0 N–H and O–H groups in total. The number of ether oxygens (including phenoxy) is 2. The molecule has 0 aliphatic carbocycles. The average molecular weight is 242 g/mol. The Balaban J connectivity index is 3.67. The molecule has 8 heteroatoms. The molecule has 17 heavy (non-hydrogen) atoms. The first-order valence-corrected chi connectivity index (χ1v) is 4.48. The highest BCUT2D eigenvalue weighted by molar-refractivity contribution is 5.67. The van der Waals surface area contributed by atoms with E-state index < -0.39 is 21.2 Å². The van der Waals surface area contributed by atoms with Crippen molar-refractivity contribution in [2.24, 2.45) is 0 Å². The molecular formula is C9H10N2O6. The van der Waals surface area contributed by atoms with Gasteiger partial charge in [-0.2, -0.15) is 0 Å². The summed E-state index contributed by atoms with van der Waals surface area (Å²) in [7, 11) is 2.60. The first kappa shape index (κ1) is 12.7. The number of hydrogen-bond donors (Lipinski definition) is 0. The van der Waals surface area contributed by atoms with E-state index in [-0.39, 0.29) is 17.1 Å². The third kappa shape index (κ3) is 2.10. The molecule has 8 nitrogen and oxygen atoms in total. The van der Waals surface area contributed by atoms with Crippen LogP contribution in [0.5, 0.6) is 11.5 Å². The summed E-state index contributed by atoms with van der Waals surface area (Å²) in [5, 5.41) is 21.6. The number of nitro benzene ring substituents is 2. The van der Waals surface area contributed by atoms with Crippen molar-refractivity contribution in [2.75, 3.05) is 14.2 Å². The van der Waals surface area contributed by atoms with Crippen molar-refractivity contribution in [1.82, 2.24) is 0 Å². The van der Waals surface area contributed by atoms with Gasteiger partial charge in [0.25, 0.3) is 0 Å². The molecule has 1 aromatic carbocycles.